The minimum absolute atomic E-state index is 0.297. The van der Waals surface area contributed by atoms with Gasteiger partial charge >= 0.3 is 5.97 Å². The Morgan fingerprint density at radius 1 is 1.33 bits per heavy atom. The fourth-order valence-corrected chi connectivity index (χ4v) is 1.81. The fourth-order valence-electron chi connectivity index (χ4n) is 1.81. The largest absolute Gasteiger partial charge is 0.481 e. The zero-order chi connectivity index (χ0) is 11.3. The molecule has 0 saturated heterocycles. The van der Waals surface area contributed by atoms with Crippen LogP contribution in [0.5, 0.6) is 0 Å². The fraction of sp³-hybridized carbons (Fsp3) is 0.583. The Bertz CT molecular complexity index is 328. The lowest BCUT2D eigenvalue weighted by atomic mass is 10.1. The normalized spacial score (nSPS) is 10.5. The molecule has 0 radical (unpaired) electrons. The van der Waals surface area contributed by atoms with E-state index in [1.807, 2.05) is 0 Å². The molecule has 3 heteroatoms. The zero-order valence-corrected chi connectivity index (χ0v) is 9.47. The van der Waals surface area contributed by atoms with Crippen LogP contribution in [0, 0.1) is 13.8 Å². The van der Waals surface area contributed by atoms with Gasteiger partial charge < -0.3 is 10.1 Å². The molecular formula is C12H19NO2. The summed E-state index contributed by atoms with van der Waals surface area (Å²) in [4.78, 5) is 13.6. The molecule has 1 rings (SSSR count). The van der Waals surface area contributed by atoms with Crippen molar-refractivity contribution in [1.82, 2.24) is 4.98 Å². The highest BCUT2D eigenvalue weighted by Crippen LogP contribution is 2.13. The van der Waals surface area contributed by atoms with Gasteiger partial charge in [0, 0.05) is 17.8 Å². The van der Waals surface area contributed by atoms with Gasteiger partial charge in [0.2, 0.25) is 0 Å². The maximum atomic E-state index is 10.3. The van der Waals surface area contributed by atoms with E-state index >= 15 is 0 Å². The van der Waals surface area contributed by atoms with E-state index in [0.717, 1.165) is 25.7 Å². The first-order chi connectivity index (χ1) is 7.09. The summed E-state index contributed by atoms with van der Waals surface area (Å²) in [7, 11) is 0. The minimum atomic E-state index is -0.691. The average molecular weight is 209 g/mol. The summed E-state index contributed by atoms with van der Waals surface area (Å²) in [6.45, 7) is 4.14. The van der Waals surface area contributed by atoms with Gasteiger partial charge in [0.15, 0.2) is 0 Å². The number of hydrogen-bond acceptors (Lipinski definition) is 1. The predicted molar refractivity (Wildman–Crippen MR) is 60.1 cm³/mol. The van der Waals surface area contributed by atoms with Crippen molar-refractivity contribution in [2.75, 3.05) is 0 Å². The highest BCUT2D eigenvalue weighted by Gasteiger charge is 2.02. The van der Waals surface area contributed by atoms with E-state index in [1.165, 1.54) is 17.0 Å². The third kappa shape index (κ3) is 4.19. The van der Waals surface area contributed by atoms with Gasteiger partial charge in [-0.25, -0.2) is 0 Å². The Morgan fingerprint density at radius 3 is 2.60 bits per heavy atom. The van der Waals surface area contributed by atoms with Crippen molar-refractivity contribution < 1.29 is 9.90 Å². The molecule has 2 N–H and O–H groups in total. The highest BCUT2D eigenvalue weighted by atomic mass is 16.4. The first-order valence-corrected chi connectivity index (χ1v) is 5.46. The summed E-state index contributed by atoms with van der Waals surface area (Å²) in [5.41, 5.74) is 3.81. The molecule has 0 aliphatic rings. The molecule has 0 amide bonds. The third-order valence-corrected chi connectivity index (χ3v) is 2.59. The number of unbranched alkanes of at least 4 members (excludes halogenated alkanes) is 2. The van der Waals surface area contributed by atoms with E-state index < -0.39 is 5.97 Å². The van der Waals surface area contributed by atoms with Gasteiger partial charge in [0.25, 0.3) is 0 Å². The van der Waals surface area contributed by atoms with Crippen LogP contribution in [0.15, 0.2) is 6.07 Å². The number of carboxylic acids is 1. The van der Waals surface area contributed by atoms with Gasteiger partial charge in [-0.15, -0.1) is 0 Å². The van der Waals surface area contributed by atoms with Crippen molar-refractivity contribution >= 4 is 5.97 Å². The Kier molecular flexibility index (Phi) is 4.40. The van der Waals surface area contributed by atoms with Crippen molar-refractivity contribution in [2.24, 2.45) is 0 Å². The third-order valence-electron chi connectivity index (χ3n) is 2.59. The van der Waals surface area contributed by atoms with Crippen LogP contribution in [-0.4, -0.2) is 16.1 Å². The van der Waals surface area contributed by atoms with Crippen LogP contribution < -0.4 is 0 Å². The first-order valence-electron chi connectivity index (χ1n) is 5.46. The number of carbonyl (C=O) groups is 1. The van der Waals surface area contributed by atoms with E-state index in [0.29, 0.717) is 6.42 Å². The lowest BCUT2D eigenvalue weighted by molar-refractivity contribution is -0.137. The average Bonchev–Trinajstić information content (AvgIpc) is 2.44. The van der Waals surface area contributed by atoms with Crippen molar-refractivity contribution in [1.29, 1.82) is 0 Å². The van der Waals surface area contributed by atoms with Crippen LogP contribution in [-0.2, 0) is 11.2 Å². The van der Waals surface area contributed by atoms with Crippen LogP contribution in [0.4, 0.5) is 0 Å². The highest BCUT2D eigenvalue weighted by molar-refractivity contribution is 5.66. The molecule has 0 aliphatic heterocycles. The smallest absolute Gasteiger partial charge is 0.303 e. The molecule has 0 aliphatic carbocycles. The van der Waals surface area contributed by atoms with Crippen LogP contribution in [0.25, 0.3) is 0 Å². The number of carboxylic acid groups (broad SMARTS) is 1. The van der Waals surface area contributed by atoms with Crippen molar-refractivity contribution in [3.05, 3.63) is 23.0 Å². The molecule has 0 fully saturated rings. The number of aryl methyl sites for hydroxylation is 3. The summed E-state index contributed by atoms with van der Waals surface area (Å²) in [5, 5.41) is 8.47. The van der Waals surface area contributed by atoms with E-state index in [1.54, 1.807) is 0 Å². The summed E-state index contributed by atoms with van der Waals surface area (Å²) < 4.78 is 0. The van der Waals surface area contributed by atoms with Crippen molar-refractivity contribution in [2.45, 2.75) is 46.0 Å². The number of aliphatic carboxylic acids is 1. The molecular weight excluding hydrogens is 190 g/mol. The number of nitrogens with one attached hydrogen (secondary N) is 1. The van der Waals surface area contributed by atoms with E-state index in [4.69, 9.17) is 5.11 Å². The van der Waals surface area contributed by atoms with Crippen LogP contribution in [0.1, 0.15) is 42.6 Å². The van der Waals surface area contributed by atoms with E-state index in [9.17, 15) is 4.79 Å². The summed E-state index contributed by atoms with van der Waals surface area (Å²) in [6, 6.07) is 2.17. The lowest BCUT2D eigenvalue weighted by Crippen LogP contribution is -1.94. The standard InChI is InChI=1S/C12H19NO2/c1-9-8-11(10(2)13-9)6-4-3-5-7-12(14)15/h8,13H,3-7H2,1-2H3,(H,14,15). The van der Waals surface area contributed by atoms with E-state index in [-0.39, 0.29) is 0 Å². The zero-order valence-electron chi connectivity index (χ0n) is 9.47. The predicted octanol–water partition coefficient (Wildman–Crippen LogP) is 2.82. The molecule has 0 saturated carbocycles. The van der Waals surface area contributed by atoms with Crippen molar-refractivity contribution in [3.63, 3.8) is 0 Å². The monoisotopic (exact) mass is 209 g/mol. The molecule has 1 aromatic rings. The Hall–Kier alpha value is -1.25. The molecule has 0 unspecified atom stereocenters. The summed E-state index contributed by atoms with van der Waals surface area (Å²) in [6.07, 6.45) is 4.21. The quantitative estimate of drug-likeness (QED) is 0.708. The Labute approximate surface area is 90.5 Å². The molecule has 15 heavy (non-hydrogen) atoms. The number of H-pyrrole nitrogens is 1. The summed E-state index contributed by atoms with van der Waals surface area (Å²) in [5.74, 6) is -0.691. The number of aromatic nitrogens is 1. The van der Waals surface area contributed by atoms with Crippen LogP contribution >= 0.6 is 0 Å². The van der Waals surface area contributed by atoms with E-state index in [2.05, 4.69) is 24.9 Å². The molecule has 0 bridgehead atoms. The minimum Gasteiger partial charge on any atom is -0.481 e. The molecule has 84 valence electrons. The first kappa shape index (κ1) is 11.8. The second kappa shape index (κ2) is 5.59. The maximum absolute atomic E-state index is 10.3. The second-order valence-corrected chi connectivity index (χ2v) is 4.06. The summed E-state index contributed by atoms with van der Waals surface area (Å²) >= 11 is 0. The molecule has 0 spiro atoms. The van der Waals surface area contributed by atoms with Gasteiger partial charge in [-0.3, -0.25) is 4.79 Å². The van der Waals surface area contributed by atoms with Gasteiger partial charge in [-0.1, -0.05) is 6.42 Å². The molecule has 3 nitrogen and oxygen atoms in total. The van der Waals surface area contributed by atoms with Gasteiger partial charge in [-0.2, -0.15) is 0 Å². The Balaban J connectivity index is 2.20. The van der Waals surface area contributed by atoms with Crippen LogP contribution in [0.2, 0.25) is 0 Å². The number of hydrogen-bond donors (Lipinski definition) is 2. The molecule has 1 heterocycles. The molecule has 0 atom stereocenters. The maximum Gasteiger partial charge on any atom is 0.303 e. The Morgan fingerprint density at radius 2 is 2.07 bits per heavy atom. The van der Waals surface area contributed by atoms with Crippen LogP contribution in [0.3, 0.4) is 0 Å². The van der Waals surface area contributed by atoms with Crippen molar-refractivity contribution in [3.8, 4) is 0 Å². The molecule has 0 aromatic carbocycles. The molecule has 1 aromatic heterocycles. The van der Waals surface area contributed by atoms with Gasteiger partial charge in [-0.05, 0) is 44.7 Å². The number of aromatic amines is 1. The SMILES string of the molecule is Cc1cc(CCCCCC(=O)O)c(C)[nH]1. The lowest BCUT2D eigenvalue weighted by Gasteiger charge is -1.99. The topological polar surface area (TPSA) is 53.1 Å². The van der Waals surface area contributed by atoms with Gasteiger partial charge in [0.1, 0.15) is 0 Å². The van der Waals surface area contributed by atoms with Gasteiger partial charge in [0.05, 0.1) is 0 Å². The second-order valence-electron chi connectivity index (χ2n) is 4.06. The number of rotatable bonds is 6.